The summed E-state index contributed by atoms with van der Waals surface area (Å²) in [6.45, 7) is 3.73. The number of rotatable bonds is 6. The monoisotopic (exact) mass is 266 g/mol. The number of benzene rings is 1. The quantitative estimate of drug-likeness (QED) is 0.635. The molecule has 18 heavy (non-hydrogen) atoms. The first kappa shape index (κ1) is 14.9. The summed E-state index contributed by atoms with van der Waals surface area (Å²) in [7, 11) is 2.07. The average Bonchev–Trinajstić information content (AvgIpc) is 2.35. The maximum atomic E-state index is 11.5. The van der Waals surface area contributed by atoms with Crippen LogP contribution in [0.2, 0.25) is 0 Å². The van der Waals surface area contributed by atoms with E-state index in [9.17, 15) is 4.79 Å². The van der Waals surface area contributed by atoms with Gasteiger partial charge >= 0.3 is 0 Å². The number of hydrogen-bond donors (Lipinski definition) is 1. The number of hydrogen-bond acceptors (Lipinski definition) is 4. The van der Waals surface area contributed by atoms with Crippen LogP contribution in [0.4, 0.5) is 11.4 Å². The lowest BCUT2D eigenvalue weighted by Gasteiger charge is -2.29. The Bertz CT molecular complexity index is 420. The predicted octanol–water partition coefficient (Wildman–Crippen LogP) is 3.05. The second kappa shape index (κ2) is 6.69. The summed E-state index contributed by atoms with van der Waals surface area (Å²) in [5, 5.41) is 0. The highest BCUT2D eigenvalue weighted by Crippen LogP contribution is 2.24. The van der Waals surface area contributed by atoms with Crippen LogP contribution >= 0.6 is 11.8 Å². The SMILES string of the molecule is CCC(CSC)N(C)c1ccc(N)c(C(C)=O)c1. The Morgan fingerprint density at radius 1 is 1.50 bits per heavy atom. The molecule has 3 nitrogen and oxygen atoms in total. The first-order valence-electron chi connectivity index (χ1n) is 6.13. The minimum absolute atomic E-state index is 0.0145. The molecule has 0 heterocycles. The second-order valence-corrected chi connectivity index (χ2v) is 5.37. The molecule has 1 rings (SSSR count). The predicted molar refractivity (Wildman–Crippen MR) is 81.7 cm³/mol. The van der Waals surface area contributed by atoms with Gasteiger partial charge < -0.3 is 10.6 Å². The zero-order valence-corrected chi connectivity index (χ0v) is 12.4. The fourth-order valence-electron chi connectivity index (χ4n) is 1.98. The van der Waals surface area contributed by atoms with Crippen molar-refractivity contribution in [2.45, 2.75) is 26.3 Å². The van der Waals surface area contributed by atoms with Crippen molar-refractivity contribution in [1.82, 2.24) is 0 Å². The number of Topliss-reactive ketones (excluding diaryl/α,β-unsaturated/α-hetero) is 1. The molecule has 0 aliphatic heterocycles. The molecule has 4 heteroatoms. The summed E-state index contributed by atoms with van der Waals surface area (Å²) in [4.78, 5) is 13.7. The van der Waals surface area contributed by atoms with Gasteiger partial charge in [0.15, 0.2) is 5.78 Å². The lowest BCUT2D eigenvalue weighted by molar-refractivity contribution is 0.101. The molecule has 0 amide bonds. The lowest BCUT2D eigenvalue weighted by atomic mass is 10.1. The molecule has 0 aromatic heterocycles. The minimum atomic E-state index is 0.0145. The van der Waals surface area contributed by atoms with Crippen LogP contribution in [0.25, 0.3) is 0 Å². The fourth-order valence-corrected chi connectivity index (χ4v) is 2.82. The van der Waals surface area contributed by atoms with Crippen molar-refractivity contribution in [3.8, 4) is 0 Å². The van der Waals surface area contributed by atoms with E-state index in [1.807, 2.05) is 30.0 Å². The zero-order chi connectivity index (χ0) is 13.7. The van der Waals surface area contributed by atoms with Gasteiger partial charge in [0, 0.05) is 35.8 Å². The van der Waals surface area contributed by atoms with E-state index in [0.29, 0.717) is 17.3 Å². The van der Waals surface area contributed by atoms with E-state index in [1.54, 1.807) is 6.92 Å². The molecular weight excluding hydrogens is 244 g/mol. The van der Waals surface area contributed by atoms with Crippen LogP contribution in [0.5, 0.6) is 0 Å². The highest BCUT2D eigenvalue weighted by atomic mass is 32.2. The van der Waals surface area contributed by atoms with Gasteiger partial charge in [0.2, 0.25) is 0 Å². The van der Waals surface area contributed by atoms with Crippen LogP contribution in [0.1, 0.15) is 30.6 Å². The van der Waals surface area contributed by atoms with Gasteiger partial charge in [-0.15, -0.1) is 0 Å². The molecule has 0 aliphatic carbocycles. The number of nitrogens with zero attached hydrogens (tertiary/aromatic N) is 1. The maximum Gasteiger partial charge on any atom is 0.161 e. The van der Waals surface area contributed by atoms with E-state index in [1.165, 1.54) is 0 Å². The largest absolute Gasteiger partial charge is 0.398 e. The number of thioether (sulfide) groups is 1. The summed E-state index contributed by atoms with van der Waals surface area (Å²) in [6.07, 6.45) is 3.19. The summed E-state index contributed by atoms with van der Waals surface area (Å²) in [5.74, 6) is 1.09. The third-order valence-corrected chi connectivity index (χ3v) is 3.92. The van der Waals surface area contributed by atoms with Crippen molar-refractivity contribution in [2.24, 2.45) is 0 Å². The van der Waals surface area contributed by atoms with Crippen molar-refractivity contribution in [2.75, 3.05) is 29.7 Å². The molecular formula is C14H22N2OS. The molecule has 0 radical (unpaired) electrons. The molecule has 0 aliphatic rings. The van der Waals surface area contributed by atoms with Gasteiger partial charge in [0.05, 0.1) is 0 Å². The zero-order valence-electron chi connectivity index (χ0n) is 11.6. The van der Waals surface area contributed by atoms with Gasteiger partial charge in [-0.2, -0.15) is 11.8 Å². The van der Waals surface area contributed by atoms with E-state index >= 15 is 0 Å². The van der Waals surface area contributed by atoms with E-state index in [0.717, 1.165) is 17.9 Å². The Morgan fingerprint density at radius 3 is 2.67 bits per heavy atom. The maximum absolute atomic E-state index is 11.5. The Kier molecular flexibility index (Phi) is 5.54. The number of carbonyl (C=O) groups is 1. The van der Waals surface area contributed by atoms with Crippen LogP contribution in [0.3, 0.4) is 0 Å². The van der Waals surface area contributed by atoms with E-state index in [2.05, 4.69) is 25.1 Å². The molecule has 100 valence electrons. The van der Waals surface area contributed by atoms with Crippen molar-refractivity contribution in [1.29, 1.82) is 0 Å². The molecule has 1 aromatic rings. The number of anilines is 2. The number of nitrogen functional groups attached to an aromatic ring is 1. The van der Waals surface area contributed by atoms with E-state index in [4.69, 9.17) is 5.73 Å². The smallest absolute Gasteiger partial charge is 0.161 e. The van der Waals surface area contributed by atoms with Crippen molar-refractivity contribution in [3.63, 3.8) is 0 Å². The lowest BCUT2D eigenvalue weighted by Crippen LogP contribution is -2.33. The third-order valence-electron chi connectivity index (χ3n) is 3.20. The molecule has 1 aromatic carbocycles. The van der Waals surface area contributed by atoms with Gasteiger partial charge in [-0.1, -0.05) is 6.92 Å². The van der Waals surface area contributed by atoms with E-state index in [-0.39, 0.29) is 5.78 Å². The molecule has 0 fully saturated rings. The third kappa shape index (κ3) is 3.42. The second-order valence-electron chi connectivity index (χ2n) is 4.46. The standard InChI is InChI=1S/C14H22N2OS/c1-5-11(9-18-4)16(3)12-6-7-14(15)13(8-12)10(2)17/h6-8,11H,5,9,15H2,1-4H3. The first-order chi connectivity index (χ1) is 8.51. The number of carbonyl (C=O) groups excluding carboxylic acids is 1. The van der Waals surface area contributed by atoms with Crippen molar-refractivity contribution < 1.29 is 4.79 Å². The topological polar surface area (TPSA) is 46.3 Å². The first-order valence-corrected chi connectivity index (χ1v) is 7.52. The summed E-state index contributed by atoms with van der Waals surface area (Å²) >= 11 is 1.84. The summed E-state index contributed by atoms with van der Waals surface area (Å²) in [6, 6.07) is 6.16. The van der Waals surface area contributed by atoms with Gasteiger partial charge in [0.1, 0.15) is 0 Å². The molecule has 1 unspecified atom stereocenters. The summed E-state index contributed by atoms with van der Waals surface area (Å²) in [5.41, 5.74) is 8.03. The van der Waals surface area contributed by atoms with Crippen LogP contribution in [0, 0.1) is 0 Å². The Morgan fingerprint density at radius 2 is 2.17 bits per heavy atom. The van der Waals surface area contributed by atoms with Crippen LogP contribution in [-0.2, 0) is 0 Å². The number of nitrogens with two attached hydrogens (primary N) is 1. The van der Waals surface area contributed by atoms with Gasteiger partial charge in [0.25, 0.3) is 0 Å². The molecule has 0 saturated heterocycles. The molecule has 0 saturated carbocycles. The van der Waals surface area contributed by atoms with Crippen LogP contribution in [0.15, 0.2) is 18.2 Å². The van der Waals surface area contributed by atoms with E-state index < -0.39 is 0 Å². The van der Waals surface area contributed by atoms with Crippen molar-refractivity contribution >= 4 is 28.9 Å². The summed E-state index contributed by atoms with van der Waals surface area (Å²) < 4.78 is 0. The van der Waals surface area contributed by atoms with Gasteiger partial charge in [-0.25, -0.2) is 0 Å². The molecule has 0 bridgehead atoms. The Balaban J connectivity index is 3.02. The number of ketones is 1. The average molecular weight is 266 g/mol. The fraction of sp³-hybridized carbons (Fsp3) is 0.500. The molecule has 0 spiro atoms. The normalized spacial score (nSPS) is 12.2. The van der Waals surface area contributed by atoms with Crippen LogP contribution < -0.4 is 10.6 Å². The van der Waals surface area contributed by atoms with Crippen LogP contribution in [-0.4, -0.2) is 30.9 Å². The Labute approximate surface area is 114 Å². The highest BCUT2D eigenvalue weighted by molar-refractivity contribution is 7.98. The Hall–Kier alpha value is -1.16. The van der Waals surface area contributed by atoms with Gasteiger partial charge in [-0.05, 0) is 37.8 Å². The molecule has 1 atom stereocenters. The van der Waals surface area contributed by atoms with Crippen molar-refractivity contribution in [3.05, 3.63) is 23.8 Å². The molecule has 2 N–H and O–H groups in total. The van der Waals surface area contributed by atoms with Gasteiger partial charge in [-0.3, -0.25) is 4.79 Å². The highest BCUT2D eigenvalue weighted by Gasteiger charge is 2.14. The minimum Gasteiger partial charge on any atom is -0.398 e.